The van der Waals surface area contributed by atoms with Gasteiger partial charge in [0.2, 0.25) is 0 Å². The molecule has 0 aromatic carbocycles. The molecule has 1 N–H and O–H groups in total. The molecule has 0 fully saturated rings. The van der Waals surface area contributed by atoms with Crippen LogP contribution in [0, 0.1) is 0 Å². The molecule has 0 bridgehead atoms. The third-order valence-corrected chi connectivity index (χ3v) is 1.37. The van der Waals surface area contributed by atoms with Gasteiger partial charge in [-0.3, -0.25) is 0 Å². The first-order chi connectivity index (χ1) is 4.68. The van der Waals surface area contributed by atoms with Gasteiger partial charge >= 0.3 is 118 Å². The smallest absolute Gasteiger partial charge is 0.813 e. The van der Waals surface area contributed by atoms with Crippen LogP contribution in [0.25, 0.3) is 0 Å². The molecule has 0 saturated carbocycles. The molecule has 15 heavy (non-hydrogen) atoms. The van der Waals surface area contributed by atoms with Crippen LogP contribution >= 0.6 is 15.9 Å². The van der Waals surface area contributed by atoms with Crippen molar-refractivity contribution in [1.82, 2.24) is 0 Å². The molecule has 0 aliphatic carbocycles. The van der Waals surface area contributed by atoms with Crippen LogP contribution in [0.5, 0.6) is 0 Å². The molecule has 0 amide bonds. The largest absolute Gasteiger partial charge is 1.00 e. The van der Waals surface area contributed by atoms with Gasteiger partial charge in [-0.2, -0.15) is 0 Å². The topological polar surface area (TPSA) is 147 Å². The van der Waals surface area contributed by atoms with E-state index in [1.807, 2.05) is 0 Å². The van der Waals surface area contributed by atoms with E-state index in [-0.39, 0.29) is 118 Å². The van der Waals surface area contributed by atoms with E-state index in [9.17, 15) is 14.4 Å². The zero-order valence-electron chi connectivity index (χ0n) is 9.42. The van der Waals surface area contributed by atoms with E-state index in [1.165, 1.54) is 0 Å². The molecule has 1 atom stereocenters. The van der Waals surface area contributed by atoms with Crippen LogP contribution in [-0.4, -0.2) is 11.0 Å². The Hall–Kier alpha value is 4.26. The molecule has 0 aliphatic rings. The molecule has 0 spiro atoms. The van der Waals surface area contributed by atoms with E-state index in [1.54, 1.807) is 0 Å². The summed E-state index contributed by atoms with van der Waals surface area (Å²) in [4.78, 5) is 36.1. The van der Waals surface area contributed by atoms with Gasteiger partial charge in [-0.15, -0.1) is 0 Å². The summed E-state index contributed by atoms with van der Waals surface area (Å²) >= 11 is 0. The van der Waals surface area contributed by atoms with Crippen molar-refractivity contribution in [2.75, 3.05) is 0 Å². The maximum Gasteiger partial charge on any atom is 1.00 e. The fraction of sp³-hybridized carbons (Fsp3) is 1.00. The Kier molecular flexibility index (Phi) is 50.1. The van der Waals surface area contributed by atoms with Crippen LogP contribution in [-0.2, 0) is 9.13 Å². The van der Waals surface area contributed by atoms with Crippen LogP contribution in [0.1, 0.15) is 6.92 Å². The fourth-order valence-corrected chi connectivity index (χ4v) is 0. The Bertz CT molecular complexity index is 166. The zero-order valence-corrected chi connectivity index (χ0v) is 19.3. The predicted molar refractivity (Wildman–Crippen MR) is 28.3 cm³/mol. The van der Waals surface area contributed by atoms with E-state index in [0.29, 0.717) is 0 Å². The van der Waals surface area contributed by atoms with E-state index in [4.69, 9.17) is 19.5 Å². The van der Waals surface area contributed by atoms with E-state index < -0.39 is 21.7 Å². The SMILES string of the molecule is CC(O)P(=O)([O-])[O-].O=[PH]([O-])[O-].[Na+].[Na+].[Na+].[Na+]. The summed E-state index contributed by atoms with van der Waals surface area (Å²) < 4.78 is 18.1. The molecular formula is C2H6Na4O7P2. The van der Waals surface area contributed by atoms with Gasteiger partial charge in [0.1, 0.15) is 0 Å². The normalized spacial score (nSPS) is 10.1. The van der Waals surface area contributed by atoms with Crippen molar-refractivity contribution in [2.24, 2.45) is 0 Å². The third kappa shape index (κ3) is 45.9. The van der Waals surface area contributed by atoms with Crippen molar-refractivity contribution in [3.63, 3.8) is 0 Å². The molecule has 0 saturated heterocycles. The number of aliphatic hydroxyl groups excluding tert-OH is 1. The number of hydrogen-bond acceptors (Lipinski definition) is 7. The molecule has 7 nitrogen and oxygen atoms in total. The first-order valence-electron chi connectivity index (χ1n) is 2.25. The first kappa shape index (κ1) is 36.5. The van der Waals surface area contributed by atoms with Gasteiger partial charge in [-0.05, 0) is 14.5 Å². The molecule has 0 radical (unpaired) electrons. The summed E-state index contributed by atoms with van der Waals surface area (Å²) in [5.41, 5.74) is 0. The molecule has 0 aliphatic heterocycles. The van der Waals surface area contributed by atoms with Crippen molar-refractivity contribution in [2.45, 2.75) is 12.8 Å². The minimum Gasteiger partial charge on any atom is -0.813 e. The Balaban J connectivity index is -0.0000000230. The minimum absolute atomic E-state index is 0. The van der Waals surface area contributed by atoms with Crippen LogP contribution < -0.4 is 138 Å². The van der Waals surface area contributed by atoms with Gasteiger partial charge in [-0.1, -0.05) is 8.25 Å². The quantitative estimate of drug-likeness (QED) is 0.373. The molecule has 0 aromatic heterocycles. The summed E-state index contributed by atoms with van der Waals surface area (Å²) in [7, 11) is -8.31. The van der Waals surface area contributed by atoms with Crippen LogP contribution in [0.15, 0.2) is 0 Å². The van der Waals surface area contributed by atoms with Gasteiger partial charge in [-0.25, -0.2) is 0 Å². The van der Waals surface area contributed by atoms with Gasteiger partial charge < -0.3 is 33.8 Å². The molecule has 0 heterocycles. The molecule has 0 rings (SSSR count). The molecule has 0 aromatic rings. The molecule has 70 valence electrons. The zero-order chi connectivity index (χ0) is 9.65. The van der Waals surface area contributed by atoms with Crippen molar-refractivity contribution in [3.05, 3.63) is 0 Å². The van der Waals surface area contributed by atoms with Crippen molar-refractivity contribution >= 4 is 15.9 Å². The van der Waals surface area contributed by atoms with Crippen molar-refractivity contribution in [1.29, 1.82) is 0 Å². The molecule has 1 unspecified atom stereocenters. The Morgan fingerprint density at radius 1 is 1.13 bits per heavy atom. The number of aliphatic hydroxyl groups is 1. The minimum atomic E-state index is -4.68. The summed E-state index contributed by atoms with van der Waals surface area (Å²) in [6.07, 6.45) is 0. The average molecular weight is 296 g/mol. The number of rotatable bonds is 1. The average Bonchev–Trinajstić information content (AvgIpc) is 1.59. The van der Waals surface area contributed by atoms with E-state index in [2.05, 4.69) is 0 Å². The summed E-state index contributed by atoms with van der Waals surface area (Å²) in [5, 5.41) is 8.00. The van der Waals surface area contributed by atoms with E-state index in [0.717, 1.165) is 6.92 Å². The second-order valence-electron chi connectivity index (χ2n) is 1.42. The first-order valence-corrected chi connectivity index (χ1v) is 5.09. The van der Waals surface area contributed by atoms with Crippen molar-refractivity contribution in [3.8, 4) is 0 Å². The maximum absolute atomic E-state index is 9.55. The van der Waals surface area contributed by atoms with Gasteiger partial charge in [0.05, 0.1) is 5.85 Å². The Morgan fingerprint density at radius 2 is 1.20 bits per heavy atom. The second kappa shape index (κ2) is 20.6. The fourth-order valence-electron chi connectivity index (χ4n) is 0. The van der Waals surface area contributed by atoms with Crippen LogP contribution in [0.2, 0.25) is 0 Å². The van der Waals surface area contributed by atoms with Gasteiger partial charge in [0.25, 0.3) is 0 Å². The van der Waals surface area contributed by atoms with Gasteiger partial charge in [0, 0.05) is 0 Å². The Labute approximate surface area is 177 Å². The maximum atomic E-state index is 9.55. The Morgan fingerprint density at radius 3 is 1.20 bits per heavy atom. The van der Waals surface area contributed by atoms with Crippen molar-refractivity contribution < 1.29 is 152 Å². The molecular weight excluding hydrogens is 290 g/mol. The predicted octanol–water partition coefficient (Wildman–Crippen LogP) is -15.6. The van der Waals surface area contributed by atoms with E-state index >= 15 is 0 Å². The van der Waals surface area contributed by atoms with Gasteiger partial charge in [0.15, 0.2) is 0 Å². The van der Waals surface area contributed by atoms with Crippen LogP contribution in [0.4, 0.5) is 0 Å². The number of hydrogen-bond donors (Lipinski definition) is 1. The van der Waals surface area contributed by atoms with Crippen LogP contribution in [0.3, 0.4) is 0 Å². The molecule has 13 heteroatoms. The second-order valence-corrected chi connectivity index (χ2v) is 3.75. The monoisotopic (exact) mass is 296 g/mol. The summed E-state index contributed by atoms with van der Waals surface area (Å²) in [6, 6.07) is 0. The summed E-state index contributed by atoms with van der Waals surface area (Å²) in [5.74, 6) is -1.76. The third-order valence-electron chi connectivity index (χ3n) is 0.458. The standard InChI is InChI=1S/C2H7O4P.4Na.H3O3P/c1-2(3)7(4,5)6;;;;;1-4(2)3/h2-3H,1H3,(H2,4,5,6);;;;;4H,(H2,1,2,3)/q;4*+1;/p-4. The summed E-state index contributed by atoms with van der Waals surface area (Å²) in [6.45, 7) is 0.917.